The lowest BCUT2D eigenvalue weighted by molar-refractivity contribution is -0.120. The van der Waals surface area contributed by atoms with Crippen LogP contribution in [0.4, 0.5) is 5.69 Å². The molecular formula is C12H14BrNO3S. The van der Waals surface area contributed by atoms with E-state index in [2.05, 4.69) is 21.2 Å². The summed E-state index contributed by atoms with van der Waals surface area (Å²) in [5, 5.41) is 2.83. The topological polar surface area (TPSA) is 63.2 Å². The normalized spacial score (nSPS) is 19.4. The quantitative estimate of drug-likeness (QED) is 0.903. The third-order valence-electron chi connectivity index (χ3n) is 3.06. The molecule has 1 saturated heterocycles. The first-order chi connectivity index (χ1) is 8.48. The molecule has 1 aromatic carbocycles. The van der Waals surface area contributed by atoms with Crippen molar-refractivity contribution in [2.24, 2.45) is 5.92 Å². The van der Waals surface area contributed by atoms with Crippen molar-refractivity contribution in [3.63, 3.8) is 0 Å². The molecule has 1 aliphatic heterocycles. The zero-order valence-electron chi connectivity index (χ0n) is 9.73. The van der Waals surface area contributed by atoms with E-state index < -0.39 is 9.84 Å². The van der Waals surface area contributed by atoms with Crippen LogP contribution in [0.25, 0.3) is 0 Å². The fourth-order valence-electron chi connectivity index (χ4n) is 1.95. The molecule has 0 bridgehead atoms. The zero-order chi connectivity index (χ0) is 13.2. The minimum absolute atomic E-state index is 0.100. The van der Waals surface area contributed by atoms with Gasteiger partial charge in [-0.2, -0.15) is 0 Å². The Morgan fingerprint density at radius 1 is 1.22 bits per heavy atom. The molecule has 1 fully saturated rings. The Morgan fingerprint density at radius 2 is 1.83 bits per heavy atom. The lowest BCUT2D eigenvalue weighted by Crippen LogP contribution is -2.31. The average Bonchev–Trinajstić information content (AvgIpc) is 2.32. The van der Waals surface area contributed by atoms with Crippen LogP contribution in [0.2, 0.25) is 0 Å². The number of amides is 1. The zero-order valence-corrected chi connectivity index (χ0v) is 12.1. The van der Waals surface area contributed by atoms with Crippen LogP contribution in [0.15, 0.2) is 28.7 Å². The molecule has 98 valence electrons. The molecule has 0 saturated carbocycles. The average molecular weight is 332 g/mol. The summed E-state index contributed by atoms with van der Waals surface area (Å²) in [4.78, 5) is 12.0. The van der Waals surface area contributed by atoms with Gasteiger partial charge in [0.15, 0.2) is 0 Å². The van der Waals surface area contributed by atoms with Gasteiger partial charge in [0.05, 0.1) is 17.2 Å². The highest BCUT2D eigenvalue weighted by Gasteiger charge is 2.28. The predicted molar refractivity (Wildman–Crippen MR) is 74.1 cm³/mol. The molecule has 0 aliphatic carbocycles. The molecular weight excluding hydrogens is 318 g/mol. The third-order valence-corrected chi connectivity index (χ3v) is 5.46. The largest absolute Gasteiger partial charge is 0.325 e. The fraction of sp³-hybridized carbons (Fsp3) is 0.417. The van der Waals surface area contributed by atoms with Gasteiger partial charge in [0, 0.05) is 10.4 Å². The fourth-order valence-corrected chi connectivity index (χ4v) is 3.82. The SMILES string of the molecule is O=C(Nc1ccccc1Br)C1CCS(=O)(=O)CC1. The maximum absolute atomic E-state index is 12.0. The Labute approximate surface area is 115 Å². The standard InChI is InChI=1S/C12H14BrNO3S/c13-10-3-1-2-4-11(10)14-12(15)9-5-7-18(16,17)8-6-9/h1-4,9H,5-8H2,(H,14,15). The van der Waals surface area contributed by atoms with Crippen LogP contribution in [-0.4, -0.2) is 25.8 Å². The molecule has 6 heteroatoms. The maximum Gasteiger partial charge on any atom is 0.227 e. The lowest BCUT2D eigenvalue weighted by atomic mass is 10.0. The summed E-state index contributed by atoms with van der Waals surface area (Å²) in [7, 11) is -2.92. The van der Waals surface area contributed by atoms with Crippen LogP contribution in [-0.2, 0) is 14.6 Å². The number of carbonyl (C=O) groups excluding carboxylic acids is 1. The second kappa shape index (κ2) is 5.40. The van der Waals surface area contributed by atoms with Crippen molar-refractivity contribution < 1.29 is 13.2 Å². The Hall–Kier alpha value is -0.880. The molecule has 1 aliphatic rings. The van der Waals surface area contributed by atoms with Crippen molar-refractivity contribution in [1.29, 1.82) is 0 Å². The van der Waals surface area contributed by atoms with Crippen LogP contribution in [0.3, 0.4) is 0 Å². The van der Waals surface area contributed by atoms with E-state index in [1.165, 1.54) is 0 Å². The molecule has 0 spiro atoms. The first-order valence-corrected chi connectivity index (χ1v) is 8.35. The molecule has 0 aromatic heterocycles. The number of nitrogens with one attached hydrogen (secondary N) is 1. The first-order valence-electron chi connectivity index (χ1n) is 5.74. The predicted octanol–water partition coefficient (Wildman–Crippen LogP) is 2.21. The van der Waals surface area contributed by atoms with E-state index in [-0.39, 0.29) is 23.3 Å². The Morgan fingerprint density at radius 3 is 2.44 bits per heavy atom. The van der Waals surface area contributed by atoms with Gasteiger partial charge < -0.3 is 5.32 Å². The molecule has 18 heavy (non-hydrogen) atoms. The van der Waals surface area contributed by atoms with E-state index >= 15 is 0 Å². The molecule has 0 unspecified atom stereocenters. The number of halogens is 1. The lowest BCUT2D eigenvalue weighted by Gasteiger charge is -2.21. The van der Waals surface area contributed by atoms with E-state index in [1.807, 2.05) is 24.3 Å². The monoisotopic (exact) mass is 331 g/mol. The molecule has 1 heterocycles. The van der Waals surface area contributed by atoms with Gasteiger partial charge in [0.25, 0.3) is 0 Å². The van der Waals surface area contributed by atoms with Crippen molar-refractivity contribution >= 4 is 37.4 Å². The summed E-state index contributed by atoms with van der Waals surface area (Å²) in [6.07, 6.45) is 0.831. The molecule has 4 nitrogen and oxygen atoms in total. The summed E-state index contributed by atoms with van der Waals surface area (Å²) in [6, 6.07) is 7.36. The molecule has 0 radical (unpaired) electrons. The first kappa shape index (κ1) is 13.5. The summed E-state index contributed by atoms with van der Waals surface area (Å²) in [5.74, 6) is -0.0836. The van der Waals surface area contributed by atoms with Crippen molar-refractivity contribution in [3.05, 3.63) is 28.7 Å². The van der Waals surface area contributed by atoms with E-state index in [9.17, 15) is 13.2 Å². The summed E-state index contributed by atoms with van der Waals surface area (Å²) in [6.45, 7) is 0. The number of para-hydroxylation sites is 1. The Kier molecular flexibility index (Phi) is 4.07. The van der Waals surface area contributed by atoms with E-state index in [0.717, 1.165) is 10.2 Å². The highest BCUT2D eigenvalue weighted by Crippen LogP contribution is 2.24. The van der Waals surface area contributed by atoms with Crippen LogP contribution in [0.1, 0.15) is 12.8 Å². The molecule has 1 amide bonds. The summed E-state index contributed by atoms with van der Waals surface area (Å²) < 4.78 is 23.4. The minimum Gasteiger partial charge on any atom is -0.325 e. The van der Waals surface area contributed by atoms with Gasteiger partial charge in [-0.25, -0.2) is 8.42 Å². The number of anilines is 1. The van der Waals surface area contributed by atoms with Crippen LogP contribution >= 0.6 is 15.9 Å². The Balaban J connectivity index is 2.00. The third kappa shape index (κ3) is 3.32. The number of benzene rings is 1. The van der Waals surface area contributed by atoms with Gasteiger partial charge in [-0.3, -0.25) is 4.79 Å². The van der Waals surface area contributed by atoms with E-state index in [4.69, 9.17) is 0 Å². The van der Waals surface area contributed by atoms with Gasteiger partial charge >= 0.3 is 0 Å². The van der Waals surface area contributed by atoms with Gasteiger partial charge in [0.1, 0.15) is 9.84 Å². The van der Waals surface area contributed by atoms with Crippen LogP contribution in [0, 0.1) is 5.92 Å². The summed E-state index contributed by atoms with van der Waals surface area (Å²) >= 11 is 3.36. The van der Waals surface area contributed by atoms with Crippen molar-refractivity contribution in [2.45, 2.75) is 12.8 Å². The summed E-state index contributed by atoms with van der Waals surface area (Å²) in [5.41, 5.74) is 0.718. The number of carbonyl (C=O) groups is 1. The molecule has 0 atom stereocenters. The highest BCUT2D eigenvalue weighted by atomic mass is 79.9. The van der Waals surface area contributed by atoms with E-state index in [1.54, 1.807) is 0 Å². The number of hydrogen-bond acceptors (Lipinski definition) is 3. The number of sulfone groups is 1. The highest BCUT2D eigenvalue weighted by molar-refractivity contribution is 9.10. The van der Waals surface area contributed by atoms with Crippen molar-refractivity contribution in [1.82, 2.24) is 0 Å². The number of hydrogen-bond donors (Lipinski definition) is 1. The van der Waals surface area contributed by atoms with E-state index in [0.29, 0.717) is 12.8 Å². The number of rotatable bonds is 2. The Bertz CT molecular complexity index is 542. The van der Waals surface area contributed by atoms with Gasteiger partial charge in [-0.1, -0.05) is 12.1 Å². The second-order valence-electron chi connectivity index (χ2n) is 4.40. The molecule has 1 N–H and O–H groups in total. The van der Waals surface area contributed by atoms with Crippen molar-refractivity contribution in [3.8, 4) is 0 Å². The molecule has 2 rings (SSSR count). The van der Waals surface area contributed by atoms with Gasteiger partial charge in [-0.15, -0.1) is 0 Å². The van der Waals surface area contributed by atoms with Crippen molar-refractivity contribution in [2.75, 3.05) is 16.8 Å². The smallest absolute Gasteiger partial charge is 0.227 e. The van der Waals surface area contributed by atoms with Crippen LogP contribution < -0.4 is 5.32 Å². The van der Waals surface area contributed by atoms with Gasteiger partial charge in [0.2, 0.25) is 5.91 Å². The maximum atomic E-state index is 12.0. The second-order valence-corrected chi connectivity index (χ2v) is 7.55. The molecule has 1 aromatic rings. The van der Waals surface area contributed by atoms with Gasteiger partial charge in [-0.05, 0) is 40.9 Å². The van der Waals surface area contributed by atoms with Crippen LogP contribution in [0.5, 0.6) is 0 Å². The minimum atomic E-state index is -2.92.